The number of nitrogens with one attached hydrogen (secondary N) is 1. The number of ether oxygens (including phenoxy) is 2. The first kappa shape index (κ1) is 23.4. The average molecular weight is 476 g/mol. The van der Waals surface area contributed by atoms with Crippen molar-refractivity contribution in [2.45, 2.75) is 27.0 Å². The summed E-state index contributed by atoms with van der Waals surface area (Å²) >= 11 is 5.96. The summed E-state index contributed by atoms with van der Waals surface area (Å²) in [5.41, 5.74) is 3.46. The van der Waals surface area contributed by atoms with Crippen LogP contribution < -0.4 is 14.8 Å². The van der Waals surface area contributed by atoms with Crippen LogP contribution in [-0.2, 0) is 13.2 Å². The normalized spacial score (nSPS) is 10.7. The molecule has 1 N–H and O–H groups in total. The summed E-state index contributed by atoms with van der Waals surface area (Å²) in [6, 6.07) is 24.3. The summed E-state index contributed by atoms with van der Waals surface area (Å²) in [7, 11) is 0. The molecule has 174 valence electrons. The molecule has 3 aromatic carbocycles. The van der Waals surface area contributed by atoms with Gasteiger partial charge in [0.05, 0.1) is 13.2 Å². The van der Waals surface area contributed by atoms with Crippen LogP contribution in [0.4, 0.5) is 5.82 Å². The van der Waals surface area contributed by atoms with Crippen molar-refractivity contribution < 1.29 is 14.3 Å². The van der Waals surface area contributed by atoms with E-state index in [1.165, 1.54) is 0 Å². The van der Waals surface area contributed by atoms with E-state index in [2.05, 4.69) is 10.4 Å². The predicted octanol–water partition coefficient (Wildman–Crippen LogP) is 6.12. The first-order chi connectivity index (χ1) is 16.5. The Bertz CT molecular complexity index is 1250. The maximum atomic E-state index is 12.8. The lowest BCUT2D eigenvalue weighted by molar-refractivity contribution is 0.102. The second kappa shape index (κ2) is 10.9. The lowest BCUT2D eigenvalue weighted by Crippen LogP contribution is -2.13. The van der Waals surface area contributed by atoms with Crippen LogP contribution in [0.25, 0.3) is 0 Å². The van der Waals surface area contributed by atoms with Gasteiger partial charge in [0.25, 0.3) is 5.91 Å². The highest BCUT2D eigenvalue weighted by Crippen LogP contribution is 2.19. The van der Waals surface area contributed by atoms with E-state index >= 15 is 0 Å². The van der Waals surface area contributed by atoms with E-state index in [4.69, 9.17) is 21.1 Å². The Balaban J connectivity index is 1.37. The standard InChI is InChI=1S/C27H26ClN3O3/c1-3-33-24-11-13-25(14-12-24)34-18-21-5-4-6-22(16-21)27(32)29-26-15-19(2)31(30-26)17-20-7-9-23(28)10-8-20/h4-16H,3,17-18H2,1-2H3,(H,29,30,32). The van der Waals surface area contributed by atoms with Crippen LogP contribution in [0.3, 0.4) is 0 Å². The van der Waals surface area contributed by atoms with Gasteiger partial charge in [-0.2, -0.15) is 5.10 Å². The zero-order valence-electron chi connectivity index (χ0n) is 19.1. The van der Waals surface area contributed by atoms with Gasteiger partial charge in [0.2, 0.25) is 0 Å². The molecule has 0 aliphatic carbocycles. The van der Waals surface area contributed by atoms with E-state index in [0.29, 0.717) is 36.2 Å². The van der Waals surface area contributed by atoms with E-state index < -0.39 is 0 Å². The monoisotopic (exact) mass is 475 g/mol. The fraction of sp³-hybridized carbons (Fsp3) is 0.185. The Labute approximate surface area is 204 Å². The number of amides is 1. The van der Waals surface area contributed by atoms with Gasteiger partial charge in [-0.25, -0.2) is 0 Å². The zero-order valence-corrected chi connectivity index (χ0v) is 19.9. The zero-order chi connectivity index (χ0) is 23.9. The molecule has 0 aliphatic heterocycles. The van der Waals surface area contributed by atoms with Crippen molar-refractivity contribution in [3.05, 3.63) is 106 Å². The number of aromatic nitrogens is 2. The average Bonchev–Trinajstić information content (AvgIpc) is 3.18. The van der Waals surface area contributed by atoms with Crippen LogP contribution in [-0.4, -0.2) is 22.3 Å². The second-order valence-corrected chi connectivity index (χ2v) is 8.24. The van der Waals surface area contributed by atoms with Crippen LogP contribution >= 0.6 is 11.6 Å². The molecule has 6 nitrogen and oxygen atoms in total. The molecule has 0 radical (unpaired) electrons. The van der Waals surface area contributed by atoms with E-state index in [9.17, 15) is 4.79 Å². The number of nitrogens with zero attached hydrogens (tertiary/aromatic N) is 2. The maximum Gasteiger partial charge on any atom is 0.256 e. The summed E-state index contributed by atoms with van der Waals surface area (Å²) < 4.78 is 13.1. The fourth-order valence-electron chi connectivity index (χ4n) is 3.45. The van der Waals surface area contributed by atoms with Gasteiger partial charge in [-0.05, 0) is 73.5 Å². The van der Waals surface area contributed by atoms with Gasteiger partial charge in [-0.1, -0.05) is 35.9 Å². The van der Waals surface area contributed by atoms with Crippen LogP contribution in [0.15, 0.2) is 78.9 Å². The smallest absolute Gasteiger partial charge is 0.256 e. The molecule has 0 saturated carbocycles. The first-order valence-electron chi connectivity index (χ1n) is 11.0. The van der Waals surface area contributed by atoms with Gasteiger partial charge >= 0.3 is 0 Å². The van der Waals surface area contributed by atoms with Crippen molar-refractivity contribution >= 4 is 23.3 Å². The molecule has 0 aliphatic rings. The lowest BCUT2D eigenvalue weighted by Gasteiger charge is -2.09. The summed E-state index contributed by atoms with van der Waals surface area (Å²) in [4.78, 5) is 12.8. The summed E-state index contributed by atoms with van der Waals surface area (Å²) in [5.74, 6) is 1.82. The Morgan fingerprint density at radius 2 is 1.65 bits per heavy atom. The number of hydrogen-bond acceptors (Lipinski definition) is 4. The molecule has 0 fully saturated rings. The topological polar surface area (TPSA) is 65.4 Å². The number of carbonyl (C=O) groups excluding carboxylic acids is 1. The molecular formula is C27H26ClN3O3. The molecule has 4 aromatic rings. The summed E-state index contributed by atoms with van der Waals surface area (Å²) in [6.45, 7) is 5.47. The van der Waals surface area contributed by atoms with Gasteiger partial charge in [0.15, 0.2) is 5.82 Å². The molecule has 1 amide bonds. The van der Waals surface area contributed by atoms with Gasteiger partial charge in [0.1, 0.15) is 18.1 Å². The molecule has 4 rings (SSSR count). The van der Waals surface area contributed by atoms with Gasteiger partial charge in [-0.3, -0.25) is 9.48 Å². The van der Waals surface area contributed by atoms with Crippen LogP contribution in [0.2, 0.25) is 5.02 Å². The van der Waals surface area contributed by atoms with E-state index in [-0.39, 0.29) is 5.91 Å². The molecule has 1 aromatic heterocycles. The maximum absolute atomic E-state index is 12.8. The van der Waals surface area contributed by atoms with E-state index in [1.807, 2.05) is 91.3 Å². The number of halogens is 1. The molecule has 0 spiro atoms. The van der Waals surface area contributed by atoms with Gasteiger partial charge in [0, 0.05) is 22.3 Å². The number of benzene rings is 3. The minimum atomic E-state index is -0.223. The number of hydrogen-bond donors (Lipinski definition) is 1. The number of aryl methyl sites for hydroxylation is 1. The highest BCUT2D eigenvalue weighted by atomic mass is 35.5. The third-order valence-electron chi connectivity index (χ3n) is 5.20. The highest BCUT2D eigenvalue weighted by Gasteiger charge is 2.11. The van der Waals surface area contributed by atoms with Crippen LogP contribution in [0.5, 0.6) is 11.5 Å². The third-order valence-corrected chi connectivity index (χ3v) is 5.45. The molecular weight excluding hydrogens is 450 g/mol. The van der Waals surface area contributed by atoms with Crippen molar-refractivity contribution in [2.24, 2.45) is 0 Å². The van der Waals surface area contributed by atoms with E-state index in [1.54, 1.807) is 6.07 Å². The van der Waals surface area contributed by atoms with Gasteiger partial charge < -0.3 is 14.8 Å². The predicted molar refractivity (Wildman–Crippen MR) is 134 cm³/mol. The summed E-state index contributed by atoms with van der Waals surface area (Å²) in [6.07, 6.45) is 0. The third kappa shape index (κ3) is 6.17. The van der Waals surface area contributed by atoms with E-state index in [0.717, 1.165) is 28.3 Å². The Morgan fingerprint density at radius 1 is 0.941 bits per heavy atom. The first-order valence-corrected chi connectivity index (χ1v) is 11.4. The fourth-order valence-corrected chi connectivity index (χ4v) is 3.58. The van der Waals surface area contributed by atoms with Crippen molar-refractivity contribution in [1.82, 2.24) is 9.78 Å². The Hall–Kier alpha value is -3.77. The van der Waals surface area contributed by atoms with Crippen molar-refractivity contribution in [3.63, 3.8) is 0 Å². The molecule has 0 saturated heterocycles. The quantitative estimate of drug-likeness (QED) is 0.316. The highest BCUT2D eigenvalue weighted by molar-refractivity contribution is 6.30. The van der Waals surface area contributed by atoms with Crippen molar-refractivity contribution in [2.75, 3.05) is 11.9 Å². The van der Waals surface area contributed by atoms with Crippen molar-refractivity contribution in [3.8, 4) is 11.5 Å². The minimum Gasteiger partial charge on any atom is -0.494 e. The number of rotatable bonds is 9. The Morgan fingerprint density at radius 3 is 2.35 bits per heavy atom. The molecule has 0 atom stereocenters. The molecule has 1 heterocycles. The largest absolute Gasteiger partial charge is 0.494 e. The molecule has 0 bridgehead atoms. The molecule has 34 heavy (non-hydrogen) atoms. The SMILES string of the molecule is CCOc1ccc(OCc2cccc(C(=O)Nc3cc(C)n(Cc4ccc(Cl)cc4)n3)c2)cc1. The minimum absolute atomic E-state index is 0.223. The van der Waals surface area contributed by atoms with Crippen LogP contribution in [0, 0.1) is 6.92 Å². The number of anilines is 1. The number of carbonyl (C=O) groups is 1. The lowest BCUT2D eigenvalue weighted by atomic mass is 10.1. The second-order valence-electron chi connectivity index (χ2n) is 7.80. The molecule has 7 heteroatoms. The molecule has 0 unspecified atom stereocenters. The Kier molecular flexibility index (Phi) is 7.50. The van der Waals surface area contributed by atoms with Crippen molar-refractivity contribution in [1.29, 1.82) is 0 Å². The summed E-state index contributed by atoms with van der Waals surface area (Å²) in [5, 5.41) is 8.11. The van der Waals surface area contributed by atoms with Gasteiger partial charge in [-0.15, -0.1) is 0 Å². The van der Waals surface area contributed by atoms with Crippen LogP contribution in [0.1, 0.15) is 34.1 Å².